The molecule has 0 bridgehead atoms. The molecular weight excluding hydrogens is 417 g/mol. The molecule has 2 heterocycles. The monoisotopic (exact) mass is 437 g/mol. The fourth-order valence-electron chi connectivity index (χ4n) is 3.38. The first kappa shape index (κ1) is 20.7. The summed E-state index contributed by atoms with van der Waals surface area (Å²) in [7, 11) is -3.71. The van der Waals surface area contributed by atoms with Gasteiger partial charge in [-0.25, -0.2) is 12.8 Å². The molecule has 0 fully saturated rings. The van der Waals surface area contributed by atoms with E-state index >= 15 is 0 Å². The number of para-hydroxylation sites is 1. The largest absolute Gasteiger partial charge is 0.350 e. The number of amides is 1. The maximum absolute atomic E-state index is 13.2. The zero-order valence-electron chi connectivity index (χ0n) is 16.5. The van der Waals surface area contributed by atoms with Gasteiger partial charge in [-0.2, -0.15) is 0 Å². The molecule has 0 aliphatic rings. The molecule has 0 atom stereocenters. The van der Waals surface area contributed by atoms with Gasteiger partial charge in [0.1, 0.15) is 12.4 Å². The van der Waals surface area contributed by atoms with Crippen LogP contribution in [0, 0.1) is 5.82 Å². The van der Waals surface area contributed by atoms with Crippen LogP contribution in [0.2, 0.25) is 0 Å². The van der Waals surface area contributed by atoms with E-state index in [1.54, 1.807) is 47.3 Å². The zero-order chi connectivity index (χ0) is 21.8. The molecule has 6 nitrogen and oxygen atoms in total. The lowest BCUT2D eigenvalue weighted by Gasteiger charge is -2.07. The van der Waals surface area contributed by atoms with E-state index in [1.165, 1.54) is 30.5 Å². The van der Waals surface area contributed by atoms with Gasteiger partial charge in [0, 0.05) is 36.0 Å². The van der Waals surface area contributed by atoms with E-state index in [1.807, 2.05) is 6.07 Å². The fraction of sp³-hybridized carbons (Fsp3) is 0.130. The summed E-state index contributed by atoms with van der Waals surface area (Å²) in [5, 5.41) is 3.37. The highest BCUT2D eigenvalue weighted by molar-refractivity contribution is 7.90. The molecule has 31 heavy (non-hydrogen) atoms. The fourth-order valence-corrected chi connectivity index (χ4v) is 4.97. The van der Waals surface area contributed by atoms with Crippen molar-refractivity contribution < 1.29 is 17.6 Å². The van der Waals surface area contributed by atoms with E-state index in [2.05, 4.69) is 10.3 Å². The molecule has 4 rings (SSSR count). The maximum Gasteiger partial charge on any atom is 0.240 e. The van der Waals surface area contributed by atoms with Gasteiger partial charge in [0.05, 0.1) is 10.6 Å². The minimum Gasteiger partial charge on any atom is -0.350 e. The molecule has 0 saturated carbocycles. The summed E-state index contributed by atoms with van der Waals surface area (Å²) in [4.78, 5) is 16.6. The van der Waals surface area contributed by atoms with Gasteiger partial charge in [-0.15, -0.1) is 0 Å². The van der Waals surface area contributed by atoms with Gasteiger partial charge in [0.25, 0.3) is 0 Å². The van der Waals surface area contributed by atoms with Crippen molar-refractivity contribution in [3.05, 3.63) is 96.2 Å². The van der Waals surface area contributed by atoms with Crippen LogP contribution in [-0.4, -0.2) is 23.9 Å². The predicted octanol–water partition coefficient (Wildman–Crippen LogP) is 3.47. The molecular formula is C23H20FN3O3S. The number of sulfone groups is 1. The molecule has 158 valence electrons. The van der Waals surface area contributed by atoms with Gasteiger partial charge < -0.3 is 9.88 Å². The van der Waals surface area contributed by atoms with Crippen molar-refractivity contribution in [2.75, 3.05) is 0 Å². The SMILES string of the molecule is O=C(Cn1cc(S(=O)(=O)Cc2ccc(F)cc2)c2ccccc21)NCc1cccnc1. The van der Waals surface area contributed by atoms with Crippen LogP contribution in [-0.2, 0) is 33.5 Å². The molecule has 0 aliphatic carbocycles. The number of nitrogens with one attached hydrogen (secondary N) is 1. The zero-order valence-corrected chi connectivity index (χ0v) is 17.3. The lowest BCUT2D eigenvalue weighted by molar-refractivity contribution is -0.121. The molecule has 1 N–H and O–H groups in total. The number of benzene rings is 2. The molecule has 2 aromatic heterocycles. The predicted molar refractivity (Wildman–Crippen MR) is 115 cm³/mol. The van der Waals surface area contributed by atoms with Crippen LogP contribution in [0.15, 0.2) is 84.1 Å². The maximum atomic E-state index is 13.2. The van der Waals surface area contributed by atoms with Crippen LogP contribution in [0.1, 0.15) is 11.1 Å². The van der Waals surface area contributed by atoms with Crippen LogP contribution < -0.4 is 5.32 Å². The molecule has 8 heteroatoms. The second kappa shape index (κ2) is 8.69. The van der Waals surface area contributed by atoms with Crippen molar-refractivity contribution in [1.82, 2.24) is 14.9 Å². The number of pyridine rings is 1. The van der Waals surface area contributed by atoms with Gasteiger partial charge in [0.2, 0.25) is 5.91 Å². The smallest absolute Gasteiger partial charge is 0.240 e. The number of aromatic nitrogens is 2. The third kappa shape index (κ3) is 4.80. The van der Waals surface area contributed by atoms with E-state index in [9.17, 15) is 17.6 Å². The minimum absolute atomic E-state index is 0.0210. The Labute approximate surface area is 179 Å². The number of fused-ring (bicyclic) bond motifs is 1. The Hall–Kier alpha value is -3.52. The van der Waals surface area contributed by atoms with Crippen molar-refractivity contribution in [2.24, 2.45) is 0 Å². The van der Waals surface area contributed by atoms with E-state index in [-0.39, 0.29) is 23.1 Å². The van der Waals surface area contributed by atoms with Crippen molar-refractivity contribution in [3.63, 3.8) is 0 Å². The number of hydrogen-bond donors (Lipinski definition) is 1. The summed E-state index contributed by atoms with van der Waals surface area (Å²) in [6.45, 7) is 0.314. The summed E-state index contributed by atoms with van der Waals surface area (Å²) < 4.78 is 41.0. The van der Waals surface area contributed by atoms with Crippen molar-refractivity contribution in [1.29, 1.82) is 0 Å². The first-order chi connectivity index (χ1) is 14.9. The molecule has 1 amide bonds. The second-order valence-corrected chi connectivity index (χ2v) is 9.12. The van der Waals surface area contributed by atoms with Gasteiger partial charge in [-0.05, 0) is 35.4 Å². The molecule has 0 unspecified atom stereocenters. The Morgan fingerprint density at radius 3 is 2.52 bits per heavy atom. The number of halogens is 1. The molecule has 0 saturated heterocycles. The van der Waals surface area contributed by atoms with Crippen molar-refractivity contribution in [3.8, 4) is 0 Å². The van der Waals surface area contributed by atoms with E-state index < -0.39 is 15.7 Å². The van der Waals surface area contributed by atoms with Crippen molar-refractivity contribution >= 4 is 26.6 Å². The molecule has 4 aromatic rings. The van der Waals surface area contributed by atoms with E-state index in [4.69, 9.17) is 0 Å². The molecule has 0 aliphatic heterocycles. The summed E-state index contributed by atoms with van der Waals surface area (Å²) in [6.07, 6.45) is 4.82. The number of carbonyl (C=O) groups is 1. The Balaban J connectivity index is 1.58. The van der Waals surface area contributed by atoms with E-state index in [0.29, 0.717) is 23.0 Å². The Morgan fingerprint density at radius 2 is 1.77 bits per heavy atom. The average Bonchev–Trinajstić information content (AvgIpc) is 3.14. The lowest BCUT2D eigenvalue weighted by Crippen LogP contribution is -2.26. The highest BCUT2D eigenvalue weighted by Gasteiger charge is 2.22. The quantitative estimate of drug-likeness (QED) is 0.480. The molecule has 2 aromatic carbocycles. The summed E-state index contributed by atoms with van der Waals surface area (Å²) >= 11 is 0. The van der Waals surface area contributed by atoms with Gasteiger partial charge in [-0.1, -0.05) is 36.4 Å². The number of rotatable bonds is 7. The Morgan fingerprint density at radius 1 is 1.00 bits per heavy atom. The summed E-state index contributed by atoms with van der Waals surface area (Å²) in [6, 6.07) is 16.1. The van der Waals surface area contributed by atoms with Gasteiger partial charge >= 0.3 is 0 Å². The first-order valence-electron chi connectivity index (χ1n) is 9.63. The topological polar surface area (TPSA) is 81.1 Å². The number of hydrogen-bond acceptors (Lipinski definition) is 4. The second-order valence-electron chi connectivity index (χ2n) is 7.16. The molecule has 0 spiro atoms. The third-order valence-corrected chi connectivity index (χ3v) is 6.59. The highest BCUT2D eigenvalue weighted by Crippen LogP contribution is 2.28. The van der Waals surface area contributed by atoms with Crippen LogP contribution in [0.4, 0.5) is 4.39 Å². The molecule has 0 radical (unpaired) electrons. The van der Waals surface area contributed by atoms with Crippen LogP contribution in [0.5, 0.6) is 0 Å². The average molecular weight is 437 g/mol. The highest BCUT2D eigenvalue weighted by atomic mass is 32.2. The lowest BCUT2D eigenvalue weighted by atomic mass is 10.2. The summed E-state index contributed by atoms with van der Waals surface area (Å²) in [5.41, 5.74) is 2.01. The number of nitrogens with zero attached hydrogens (tertiary/aromatic N) is 2. The van der Waals surface area contributed by atoms with Crippen molar-refractivity contribution in [2.45, 2.75) is 23.7 Å². The van der Waals surface area contributed by atoms with E-state index in [0.717, 1.165) is 5.56 Å². The normalized spacial score (nSPS) is 11.5. The van der Waals surface area contributed by atoms with Gasteiger partial charge in [0.15, 0.2) is 9.84 Å². The van der Waals surface area contributed by atoms with Crippen LogP contribution in [0.25, 0.3) is 10.9 Å². The minimum atomic E-state index is -3.71. The van der Waals surface area contributed by atoms with Gasteiger partial charge in [-0.3, -0.25) is 9.78 Å². The summed E-state index contributed by atoms with van der Waals surface area (Å²) in [5.74, 6) is -0.920. The van der Waals surface area contributed by atoms with Crippen LogP contribution in [0.3, 0.4) is 0 Å². The standard InChI is InChI=1S/C23H20FN3O3S/c24-19-9-7-17(8-10-19)16-31(29,30)22-14-27(21-6-2-1-5-20(21)22)15-23(28)26-13-18-4-3-11-25-12-18/h1-12,14H,13,15-16H2,(H,26,28). The van der Waals surface area contributed by atoms with Crippen LogP contribution >= 0.6 is 0 Å². The number of carbonyl (C=O) groups excluding carboxylic acids is 1. The third-order valence-electron chi connectivity index (χ3n) is 4.88. The Bertz CT molecular complexity index is 1320. The Kier molecular flexibility index (Phi) is 5.81. The first-order valence-corrected chi connectivity index (χ1v) is 11.3.